The summed E-state index contributed by atoms with van der Waals surface area (Å²) in [6, 6.07) is 7.49. The molecule has 0 bridgehead atoms. The second kappa shape index (κ2) is 5.79. The van der Waals surface area contributed by atoms with Gasteiger partial charge in [0, 0.05) is 5.69 Å². The lowest BCUT2D eigenvalue weighted by Gasteiger charge is -2.14. The van der Waals surface area contributed by atoms with E-state index in [-0.39, 0.29) is 5.82 Å². The Morgan fingerprint density at radius 2 is 1.96 bits per heavy atom. The Kier molecular flexibility index (Phi) is 3.82. The number of benzene rings is 1. The van der Waals surface area contributed by atoms with Gasteiger partial charge in [-0.3, -0.25) is 0 Å². The first-order chi connectivity index (χ1) is 11.0. The van der Waals surface area contributed by atoms with E-state index in [1.807, 2.05) is 0 Å². The zero-order chi connectivity index (χ0) is 16.6. The Hall–Kier alpha value is -2.76. The van der Waals surface area contributed by atoms with Crippen molar-refractivity contribution in [3.63, 3.8) is 0 Å². The molecule has 0 aliphatic rings. The van der Waals surface area contributed by atoms with E-state index in [0.717, 1.165) is 0 Å². The zero-order valence-electron chi connectivity index (χ0n) is 13.0. The maximum Gasteiger partial charge on any atom is 0.339 e. The van der Waals surface area contributed by atoms with Gasteiger partial charge in [-0.25, -0.2) is 14.2 Å². The van der Waals surface area contributed by atoms with Crippen LogP contribution in [-0.2, 0) is 4.74 Å². The van der Waals surface area contributed by atoms with Crippen LogP contribution in [0.5, 0.6) is 0 Å². The van der Waals surface area contributed by atoms with Crippen molar-refractivity contribution in [2.75, 3.05) is 0 Å². The van der Waals surface area contributed by atoms with E-state index in [2.05, 4.69) is 10.1 Å². The van der Waals surface area contributed by atoms with Gasteiger partial charge < -0.3 is 9.26 Å². The van der Waals surface area contributed by atoms with Crippen molar-refractivity contribution in [2.45, 2.75) is 26.9 Å². The first kappa shape index (κ1) is 15.1. The van der Waals surface area contributed by atoms with Crippen LogP contribution in [0.1, 0.15) is 40.3 Å². The van der Waals surface area contributed by atoms with E-state index < -0.39 is 12.1 Å². The van der Waals surface area contributed by atoms with Crippen LogP contribution in [0.4, 0.5) is 4.39 Å². The van der Waals surface area contributed by atoms with Gasteiger partial charge >= 0.3 is 5.97 Å². The average Bonchev–Trinajstić information content (AvgIpc) is 2.88. The molecular formula is C17H15FN2O3. The quantitative estimate of drug-likeness (QED) is 0.686. The molecule has 0 fully saturated rings. The summed E-state index contributed by atoms with van der Waals surface area (Å²) in [5, 5.41) is 4.39. The van der Waals surface area contributed by atoms with Gasteiger partial charge in [-0.1, -0.05) is 17.3 Å². The van der Waals surface area contributed by atoms with Gasteiger partial charge in [0.1, 0.15) is 11.9 Å². The second-order valence-corrected chi connectivity index (χ2v) is 5.36. The number of esters is 1. The Morgan fingerprint density at radius 1 is 1.26 bits per heavy atom. The molecule has 3 aromatic rings. The molecule has 3 rings (SSSR count). The highest BCUT2D eigenvalue weighted by molar-refractivity contribution is 6.03. The maximum absolute atomic E-state index is 13.0. The summed E-state index contributed by atoms with van der Waals surface area (Å²) in [4.78, 5) is 16.7. The van der Waals surface area contributed by atoms with E-state index >= 15 is 0 Å². The van der Waals surface area contributed by atoms with Crippen molar-refractivity contribution >= 4 is 17.1 Å². The molecule has 1 atom stereocenters. The van der Waals surface area contributed by atoms with Gasteiger partial charge in [0.2, 0.25) is 0 Å². The minimum absolute atomic E-state index is 0.309. The molecule has 1 unspecified atom stereocenters. The summed E-state index contributed by atoms with van der Waals surface area (Å²) in [5.74, 6) is -0.831. The molecule has 2 aromatic heterocycles. The standard InChI is InChI=1S/C17H15FN2O3/c1-9-8-14(15-10(2)20-23-16(15)19-9)17(21)22-11(3)12-4-6-13(18)7-5-12/h4-8,11H,1-3H3. The van der Waals surface area contributed by atoms with Crippen LogP contribution >= 0.6 is 0 Å². The van der Waals surface area contributed by atoms with Crippen LogP contribution in [0.25, 0.3) is 11.1 Å². The SMILES string of the molecule is Cc1cc(C(=O)OC(C)c2ccc(F)cc2)c2c(C)noc2n1. The molecule has 0 amide bonds. The molecule has 0 saturated carbocycles. The lowest BCUT2D eigenvalue weighted by Crippen LogP contribution is -2.10. The number of nitrogens with zero attached hydrogens (tertiary/aromatic N) is 2. The van der Waals surface area contributed by atoms with Crippen LogP contribution in [0.15, 0.2) is 34.9 Å². The van der Waals surface area contributed by atoms with E-state index in [9.17, 15) is 9.18 Å². The minimum atomic E-state index is -0.508. The van der Waals surface area contributed by atoms with Crippen LogP contribution in [0.2, 0.25) is 0 Å². The van der Waals surface area contributed by atoms with Gasteiger partial charge in [0.15, 0.2) is 0 Å². The highest BCUT2D eigenvalue weighted by Gasteiger charge is 2.21. The fraction of sp³-hybridized carbons (Fsp3) is 0.235. The molecule has 6 heteroatoms. The normalized spacial score (nSPS) is 12.3. The van der Waals surface area contributed by atoms with Crippen LogP contribution in [-0.4, -0.2) is 16.1 Å². The van der Waals surface area contributed by atoms with Crippen LogP contribution < -0.4 is 0 Å². The molecule has 1 aromatic carbocycles. The lowest BCUT2D eigenvalue weighted by molar-refractivity contribution is 0.0340. The minimum Gasteiger partial charge on any atom is -0.454 e. The van der Waals surface area contributed by atoms with E-state index in [0.29, 0.717) is 33.6 Å². The summed E-state index contributed by atoms with van der Waals surface area (Å²) in [6.07, 6.45) is -0.508. The number of carbonyl (C=O) groups is 1. The Labute approximate surface area is 132 Å². The Morgan fingerprint density at radius 3 is 2.65 bits per heavy atom. The first-order valence-electron chi connectivity index (χ1n) is 7.16. The van der Waals surface area contributed by atoms with E-state index in [1.54, 1.807) is 39.0 Å². The summed E-state index contributed by atoms with van der Waals surface area (Å²) in [7, 11) is 0. The first-order valence-corrected chi connectivity index (χ1v) is 7.16. The van der Waals surface area contributed by atoms with E-state index in [4.69, 9.17) is 9.26 Å². The highest BCUT2D eigenvalue weighted by Crippen LogP contribution is 2.25. The van der Waals surface area contributed by atoms with Crippen LogP contribution in [0.3, 0.4) is 0 Å². The highest BCUT2D eigenvalue weighted by atomic mass is 19.1. The number of carbonyl (C=O) groups excluding carboxylic acids is 1. The van der Waals surface area contributed by atoms with Crippen molar-refractivity contribution in [3.05, 3.63) is 58.7 Å². The summed E-state index contributed by atoms with van der Waals surface area (Å²) >= 11 is 0. The van der Waals surface area contributed by atoms with Crippen LogP contribution in [0, 0.1) is 19.7 Å². The molecule has 5 nitrogen and oxygen atoms in total. The maximum atomic E-state index is 13.0. The predicted molar refractivity (Wildman–Crippen MR) is 81.5 cm³/mol. The number of halogens is 1. The molecule has 0 spiro atoms. The predicted octanol–water partition coefficient (Wildman–Crippen LogP) is 3.90. The molecule has 0 aliphatic heterocycles. The van der Waals surface area contributed by atoms with Crippen molar-refractivity contribution in [1.29, 1.82) is 0 Å². The average molecular weight is 314 g/mol. The Bertz CT molecular complexity index is 871. The van der Waals surface area contributed by atoms with Gasteiger partial charge in [0.05, 0.1) is 16.6 Å². The van der Waals surface area contributed by atoms with Crippen molar-refractivity contribution in [3.8, 4) is 0 Å². The number of ether oxygens (including phenoxy) is 1. The summed E-state index contributed by atoms with van der Waals surface area (Å²) in [5.41, 5.74) is 2.59. The molecule has 118 valence electrons. The van der Waals surface area contributed by atoms with Gasteiger partial charge in [-0.05, 0) is 44.5 Å². The number of fused-ring (bicyclic) bond motifs is 1. The monoisotopic (exact) mass is 314 g/mol. The molecule has 0 saturated heterocycles. The molecule has 23 heavy (non-hydrogen) atoms. The number of pyridine rings is 1. The van der Waals surface area contributed by atoms with Crippen molar-refractivity contribution < 1.29 is 18.4 Å². The fourth-order valence-corrected chi connectivity index (χ4v) is 2.40. The van der Waals surface area contributed by atoms with Gasteiger partial charge in [-0.15, -0.1) is 0 Å². The van der Waals surface area contributed by atoms with Gasteiger partial charge in [-0.2, -0.15) is 0 Å². The number of aromatic nitrogens is 2. The third-order valence-electron chi connectivity index (χ3n) is 3.59. The third kappa shape index (κ3) is 2.92. The molecule has 0 aliphatic carbocycles. The number of hydrogen-bond acceptors (Lipinski definition) is 5. The second-order valence-electron chi connectivity index (χ2n) is 5.36. The molecular weight excluding hydrogens is 299 g/mol. The molecule has 0 radical (unpaired) electrons. The number of aryl methyl sites for hydroxylation is 2. The smallest absolute Gasteiger partial charge is 0.339 e. The largest absolute Gasteiger partial charge is 0.454 e. The van der Waals surface area contributed by atoms with Crippen molar-refractivity contribution in [2.24, 2.45) is 0 Å². The molecule has 2 heterocycles. The van der Waals surface area contributed by atoms with Gasteiger partial charge in [0.25, 0.3) is 5.71 Å². The topological polar surface area (TPSA) is 65.2 Å². The fourth-order valence-electron chi connectivity index (χ4n) is 2.40. The molecule has 0 N–H and O–H groups in total. The number of rotatable bonds is 3. The number of hydrogen-bond donors (Lipinski definition) is 0. The zero-order valence-corrected chi connectivity index (χ0v) is 13.0. The van der Waals surface area contributed by atoms with Crippen molar-refractivity contribution in [1.82, 2.24) is 10.1 Å². The summed E-state index contributed by atoms with van der Waals surface area (Å²) < 4.78 is 23.6. The van der Waals surface area contributed by atoms with E-state index in [1.165, 1.54) is 12.1 Å². The Balaban J connectivity index is 1.91. The summed E-state index contributed by atoms with van der Waals surface area (Å²) in [6.45, 7) is 5.23. The third-order valence-corrected chi connectivity index (χ3v) is 3.59. The lowest BCUT2D eigenvalue weighted by atomic mass is 10.1.